The summed E-state index contributed by atoms with van der Waals surface area (Å²) in [5, 5.41) is 0. The Morgan fingerprint density at radius 1 is 1.00 bits per heavy atom. The van der Waals surface area contributed by atoms with E-state index in [9.17, 15) is 24.0 Å². The fraction of sp³-hybridized carbons (Fsp3) is 0.417. The topological polar surface area (TPSA) is 91.8 Å². The monoisotopic (exact) mass is 264 g/mol. The van der Waals surface area contributed by atoms with Crippen LogP contribution in [0.3, 0.4) is 0 Å². The number of imide groups is 4. The van der Waals surface area contributed by atoms with E-state index in [2.05, 4.69) is 0 Å². The van der Waals surface area contributed by atoms with E-state index in [0.29, 0.717) is 4.90 Å². The standard InChI is InChI=1S/C12H12N2O5/c15-8-3-4-9(16)13(8)7-1-2-10(17)14-11(18)5-6-12(14)19/h3-4H,1-2,5-7H2. The zero-order valence-electron chi connectivity index (χ0n) is 10.1. The van der Waals surface area contributed by atoms with Gasteiger partial charge in [-0.3, -0.25) is 28.9 Å². The van der Waals surface area contributed by atoms with Crippen molar-refractivity contribution in [2.45, 2.75) is 25.7 Å². The van der Waals surface area contributed by atoms with Crippen molar-refractivity contribution >= 4 is 29.5 Å². The van der Waals surface area contributed by atoms with Crippen LogP contribution in [-0.4, -0.2) is 45.9 Å². The first-order valence-electron chi connectivity index (χ1n) is 5.93. The Balaban J connectivity index is 1.81. The maximum absolute atomic E-state index is 11.7. The number of amides is 5. The van der Waals surface area contributed by atoms with E-state index in [1.165, 1.54) is 0 Å². The highest BCUT2D eigenvalue weighted by molar-refractivity contribution is 6.15. The van der Waals surface area contributed by atoms with E-state index < -0.39 is 29.5 Å². The molecule has 0 atom stereocenters. The molecule has 19 heavy (non-hydrogen) atoms. The summed E-state index contributed by atoms with van der Waals surface area (Å²) in [4.78, 5) is 58.4. The van der Waals surface area contributed by atoms with Crippen LogP contribution in [0.25, 0.3) is 0 Å². The summed E-state index contributed by atoms with van der Waals surface area (Å²) in [6.45, 7) is 0.104. The summed E-state index contributed by atoms with van der Waals surface area (Å²) in [6, 6.07) is 0. The molecule has 0 spiro atoms. The fourth-order valence-electron chi connectivity index (χ4n) is 2.01. The number of nitrogens with zero attached hydrogens (tertiary/aromatic N) is 2. The third-order valence-corrected chi connectivity index (χ3v) is 2.97. The molecule has 1 fully saturated rings. The Hall–Kier alpha value is -2.31. The van der Waals surface area contributed by atoms with Crippen molar-refractivity contribution in [1.82, 2.24) is 9.80 Å². The molecule has 0 saturated carbocycles. The maximum atomic E-state index is 11.7. The van der Waals surface area contributed by atoms with E-state index in [4.69, 9.17) is 0 Å². The maximum Gasteiger partial charge on any atom is 0.253 e. The lowest BCUT2D eigenvalue weighted by Crippen LogP contribution is -2.36. The smallest absolute Gasteiger partial charge is 0.253 e. The van der Waals surface area contributed by atoms with Crippen molar-refractivity contribution in [2.24, 2.45) is 0 Å². The molecule has 2 rings (SSSR count). The highest BCUT2D eigenvalue weighted by Crippen LogP contribution is 2.14. The predicted molar refractivity (Wildman–Crippen MR) is 61.2 cm³/mol. The predicted octanol–water partition coefficient (Wildman–Crippen LogP) is -0.633. The second-order valence-electron chi connectivity index (χ2n) is 4.28. The fourth-order valence-corrected chi connectivity index (χ4v) is 2.01. The lowest BCUT2D eigenvalue weighted by molar-refractivity contribution is -0.150. The molecule has 0 aromatic carbocycles. The SMILES string of the molecule is O=C1C=CC(=O)N1CCCC(=O)N1C(=O)CCC1=O. The molecule has 0 radical (unpaired) electrons. The van der Waals surface area contributed by atoms with Crippen LogP contribution in [0.5, 0.6) is 0 Å². The van der Waals surface area contributed by atoms with E-state index in [1.807, 2.05) is 0 Å². The number of hydrogen-bond acceptors (Lipinski definition) is 5. The molecule has 2 aliphatic heterocycles. The molecular formula is C12H12N2O5. The molecule has 0 aromatic heterocycles. The van der Waals surface area contributed by atoms with E-state index >= 15 is 0 Å². The first-order chi connectivity index (χ1) is 9.00. The Bertz CT molecular complexity index is 474. The van der Waals surface area contributed by atoms with Gasteiger partial charge in [-0.15, -0.1) is 0 Å². The number of carbonyl (C=O) groups excluding carboxylic acids is 5. The van der Waals surface area contributed by atoms with Crippen LogP contribution in [0.15, 0.2) is 12.2 Å². The minimum absolute atomic E-state index is 0.0471. The summed E-state index contributed by atoms with van der Waals surface area (Å²) in [6.07, 6.45) is 2.65. The molecule has 0 aromatic rings. The van der Waals surface area contributed by atoms with Crippen molar-refractivity contribution in [2.75, 3.05) is 6.54 Å². The third kappa shape index (κ3) is 2.59. The largest absolute Gasteiger partial charge is 0.275 e. The molecule has 100 valence electrons. The highest BCUT2D eigenvalue weighted by Gasteiger charge is 2.34. The zero-order chi connectivity index (χ0) is 14.0. The number of rotatable bonds is 4. The Morgan fingerprint density at radius 3 is 2.05 bits per heavy atom. The third-order valence-electron chi connectivity index (χ3n) is 2.97. The molecule has 0 bridgehead atoms. The van der Waals surface area contributed by atoms with Gasteiger partial charge in [-0.05, 0) is 6.42 Å². The van der Waals surface area contributed by atoms with Gasteiger partial charge in [0, 0.05) is 38.0 Å². The van der Waals surface area contributed by atoms with Crippen LogP contribution in [0.1, 0.15) is 25.7 Å². The normalized spacial score (nSPS) is 18.9. The summed E-state index contributed by atoms with van der Waals surface area (Å²) in [5.74, 6) is -2.36. The van der Waals surface area contributed by atoms with Gasteiger partial charge in [0.05, 0.1) is 0 Å². The molecule has 7 heteroatoms. The lowest BCUT2D eigenvalue weighted by Gasteiger charge is -2.15. The quantitative estimate of drug-likeness (QED) is 0.630. The van der Waals surface area contributed by atoms with Crippen molar-refractivity contribution in [3.63, 3.8) is 0 Å². The van der Waals surface area contributed by atoms with Crippen LogP contribution in [0.4, 0.5) is 0 Å². The van der Waals surface area contributed by atoms with Gasteiger partial charge in [-0.1, -0.05) is 0 Å². The number of hydrogen-bond donors (Lipinski definition) is 0. The summed E-state index contributed by atoms with van der Waals surface area (Å²) >= 11 is 0. The second-order valence-corrected chi connectivity index (χ2v) is 4.28. The van der Waals surface area contributed by atoms with Gasteiger partial charge in [-0.25, -0.2) is 4.90 Å². The van der Waals surface area contributed by atoms with Crippen molar-refractivity contribution in [3.05, 3.63) is 12.2 Å². The van der Waals surface area contributed by atoms with Gasteiger partial charge in [0.1, 0.15) is 0 Å². The number of carbonyl (C=O) groups is 5. The number of likely N-dealkylation sites (tertiary alicyclic amines) is 1. The zero-order valence-corrected chi connectivity index (χ0v) is 10.1. The molecule has 2 aliphatic rings. The molecule has 0 unspecified atom stereocenters. The Morgan fingerprint density at radius 2 is 1.53 bits per heavy atom. The van der Waals surface area contributed by atoms with E-state index in [-0.39, 0.29) is 32.2 Å². The van der Waals surface area contributed by atoms with Gasteiger partial charge in [-0.2, -0.15) is 0 Å². The minimum Gasteiger partial charge on any atom is -0.275 e. The van der Waals surface area contributed by atoms with E-state index in [0.717, 1.165) is 17.1 Å². The van der Waals surface area contributed by atoms with Crippen molar-refractivity contribution in [1.29, 1.82) is 0 Å². The van der Waals surface area contributed by atoms with Gasteiger partial charge in [0.25, 0.3) is 11.8 Å². The summed E-state index contributed by atoms with van der Waals surface area (Å²) in [7, 11) is 0. The molecule has 7 nitrogen and oxygen atoms in total. The molecule has 0 aliphatic carbocycles. The van der Waals surface area contributed by atoms with Crippen LogP contribution in [-0.2, 0) is 24.0 Å². The van der Waals surface area contributed by atoms with Crippen LogP contribution in [0, 0.1) is 0 Å². The van der Waals surface area contributed by atoms with E-state index in [1.54, 1.807) is 0 Å². The van der Waals surface area contributed by atoms with Crippen LogP contribution < -0.4 is 0 Å². The average molecular weight is 264 g/mol. The Labute approximate surface area is 108 Å². The summed E-state index contributed by atoms with van der Waals surface area (Å²) in [5.41, 5.74) is 0. The Kier molecular flexibility index (Phi) is 3.55. The molecular weight excluding hydrogens is 252 g/mol. The van der Waals surface area contributed by atoms with Gasteiger partial charge in [0.2, 0.25) is 17.7 Å². The average Bonchev–Trinajstić information content (AvgIpc) is 2.85. The first-order valence-corrected chi connectivity index (χ1v) is 5.93. The molecule has 0 N–H and O–H groups in total. The van der Waals surface area contributed by atoms with Crippen molar-refractivity contribution < 1.29 is 24.0 Å². The first kappa shape index (κ1) is 13.1. The molecule has 5 amide bonds. The van der Waals surface area contributed by atoms with Crippen LogP contribution >= 0.6 is 0 Å². The van der Waals surface area contributed by atoms with Gasteiger partial charge in [0.15, 0.2) is 0 Å². The van der Waals surface area contributed by atoms with Crippen molar-refractivity contribution in [3.8, 4) is 0 Å². The molecule has 2 heterocycles. The highest BCUT2D eigenvalue weighted by atomic mass is 16.2. The second kappa shape index (κ2) is 5.13. The summed E-state index contributed by atoms with van der Waals surface area (Å²) < 4.78 is 0. The molecule has 1 saturated heterocycles. The van der Waals surface area contributed by atoms with Gasteiger partial charge >= 0.3 is 0 Å². The van der Waals surface area contributed by atoms with Gasteiger partial charge < -0.3 is 0 Å². The lowest BCUT2D eigenvalue weighted by atomic mass is 10.2. The van der Waals surface area contributed by atoms with Crippen LogP contribution in [0.2, 0.25) is 0 Å². The minimum atomic E-state index is -0.570.